The number of carboxylic acid groups (broad SMARTS) is 1. The van der Waals surface area contributed by atoms with Crippen molar-refractivity contribution in [2.24, 2.45) is 11.1 Å². The van der Waals surface area contributed by atoms with Crippen molar-refractivity contribution in [2.45, 2.75) is 25.4 Å². The van der Waals surface area contributed by atoms with Gasteiger partial charge >= 0.3 is 12.0 Å². The highest BCUT2D eigenvalue weighted by Crippen LogP contribution is 2.27. The zero-order chi connectivity index (χ0) is 18.1. The Kier molecular flexibility index (Phi) is 4.40. The van der Waals surface area contributed by atoms with Crippen LogP contribution in [-0.4, -0.2) is 60.1 Å². The summed E-state index contributed by atoms with van der Waals surface area (Å²) in [5, 5.41) is 16.0. The van der Waals surface area contributed by atoms with Gasteiger partial charge in [0, 0.05) is 25.9 Å². The van der Waals surface area contributed by atoms with E-state index < -0.39 is 11.9 Å². The van der Waals surface area contributed by atoms with Gasteiger partial charge in [0.2, 0.25) is 0 Å². The molecule has 26 heavy (non-hydrogen) atoms. The number of nitrogens with one attached hydrogen (secondary N) is 1. The molecule has 8 nitrogen and oxygen atoms in total. The number of aliphatic carboxylic acids is 1. The van der Waals surface area contributed by atoms with E-state index >= 15 is 0 Å². The standard InChI is InChI=1S/C18H21N3O5/c22-17(23)13-3-5-21(10-13)18(24)19-9-14-8-15(20-26-14)11-1-2-16-12(7-11)4-6-25-16/h1-2,7,13-14H,3-6,8-10H2,(H,19,24)(H,22,23). The highest BCUT2D eigenvalue weighted by molar-refractivity contribution is 6.01. The number of rotatable bonds is 4. The molecule has 2 atom stereocenters. The number of likely N-dealkylation sites (tertiary alicyclic amines) is 1. The molecule has 0 bridgehead atoms. The Balaban J connectivity index is 1.27. The van der Waals surface area contributed by atoms with Crippen LogP contribution in [0.15, 0.2) is 23.4 Å². The molecule has 138 valence electrons. The maximum absolute atomic E-state index is 12.2. The smallest absolute Gasteiger partial charge is 0.317 e. The molecule has 0 saturated carbocycles. The molecule has 4 rings (SSSR count). The third kappa shape index (κ3) is 3.31. The predicted octanol–water partition coefficient (Wildman–Crippen LogP) is 1.23. The van der Waals surface area contributed by atoms with Gasteiger partial charge in [0.15, 0.2) is 6.10 Å². The first-order valence-corrected chi connectivity index (χ1v) is 8.84. The van der Waals surface area contributed by atoms with Crippen molar-refractivity contribution in [1.29, 1.82) is 0 Å². The van der Waals surface area contributed by atoms with Crippen molar-refractivity contribution in [3.8, 4) is 5.75 Å². The number of ether oxygens (including phenoxy) is 1. The van der Waals surface area contributed by atoms with Crippen LogP contribution in [-0.2, 0) is 16.1 Å². The van der Waals surface area contributed by atoms with Gasteiger partial charge in [-0.1, -0.05) is 5.16 Å². The highest BCUT2D eigenvalue weighted by atomic mass is 16.6. The second-order valence-electron chi connectivity index (χ2n) is 6.85. The lowest BCUT2D eigenvalue weighted by Gasteiger charge is -2.18. The quantitative estimate of drug-likeness (QED) is 0.842. The van der Waals surface area contributed by atoms with Crippen molar-refractivity contribution in [3.05, 3.63) is 29.3 Å². The van der Waals surface area contributed by atoms with Gasteiger partial charge in [-0.05, 0) is 35.7 Å². The van der Waals surface area contributed by atoms with Gasteiger partial charge in [-0.15, -0.1) is 0 Å². The van der Waals surface area contributed by atoms with Gasteiger partial charge in [-0.25, -0.2) is 4.79 Å². The Morgan fingerprint density at radius 3 is 3.08 bits per heavy atom. The first-order valence-electron chi connectivity index (χ1n) is 8.84. The van der Waals surface area contributed by atoms with Crippen LogP contribution in [0.25, 0.3) is 0 Å². The van der Waals surface area contributed by atoms with Gasteiger partial charge in [-0.3, -0.25) is 4.79 Å². The number of nitrogens with zero attached hydrogens (tertiary/aromatic N) is 2. The summed E-state index contributed by atoms with van der Waals surface area (Å²) in [5.74, 6) is -0.387. The number of carbonyl (C=O) groups excluding carboxylic acids is 1. The van der Waals surface area contributed by atoms with E-state index in [0.29, 0.717) is 25.9 Å². The zero-order valence-corrected chi connectivity index (χ0v) is 14.3. The van der Waals surface area contributed by atoms with Crippen molar-refractivity contribution in [1.82, 2.24) is 10.2 Å². The molecule has 2 amide bonds. The highest BCUT2D eigenvalue weighted by Gasteiger charge is 2.31. The summed E-state index contributed by atoms with van der Waals surface area (Å²) in [7, 11) is 0. The Labute approximate surface area is 150 Å². The van der Waals surface area contributed by atoms with Crippen molar-refractivity contribution < 1.29 is 24.3 Å². The normalized spacial score (nSPS) is 23.8. The number of hydrogen-bond acceptors (Lipinski definition) is 5. The Bertz CT molecular complexity index is 763. The maximum atomic E-state index is 12.2. The van der Waals surface area contributed by atoms with Crippen LogP contribution < -0.4 is 10.1 Å². The van der Waals surface area contributed by atoms with E-state index in [1.807, 2.05) is 12.1 Å². The van der Waals surface area contributed by atoms with E-state index in [2.05, 4.69) is 16.5 Å². The average molecular weight is 359 g/mol. The lowest BCUT2D eigenvalue weighted by Crippen LogP contribution is -2.42. The summed E-state index contributed by atoms with van der Waals surface area (Å²) >= 11 is 0. The number of carboxylic acids is 1. The molecule has 1 aromatic carbocycles. The minimum absolute atomic E-state index is 0.212. The second kappa shape index (κ2) is 6.86. The molecule has 0 aromatic heterocycles. The van der Waals surface area contributed by atoms with Crippen molar-refractivity contribution >= 4 is 17.7 Å². The third-order valence-electron chi connectivity index (χ3n) is 5.06. The average Bonchev–Trinajstić information content (AvgIpc) is 3.38. The minimum Gasteiger partial charge on any atom is -0.493 e. The maximum Gasteiger partial charge on any atom is 0.317 e. The van der Waals surface area contributed by atoms with Crippen molar-refractivity contribution in [3.63, 3.8) is 0 Å². The molecule has 3 aliphatic heterocycles. The number of fused-ring (bicyclic) bond motifs is 1. The topological polar surface area (TPSA) is 100 Å². The SMILES string of the molecule is O=C(O)C1CCN(C(=O)NCC2CC(c3ccc4c(c3)CCO4)=NO2)C1. The summed E-state index contributed by atoms with van der Waals surface area (Å²) in [6.45, 7) is 1.78. The van der Waals surface area contributed by atoms with E-state index in [1.54, 1.807) is 0 Å². The molecule has 1 aromatic rings. The number of oxime groups is 1. The van der Waals surface area contributed by atoms with Crippen LogP contribution in [0.1, 0.15) is 24.0 Å². The minimum atomic E-state index is -0.850. The molecule has 1 fully saturated rings. The van der Waals surface area contributed by atoms with E-state index in [-0.39, 0.29) is 18.7 Å². The molecule has 0 aliphatic carbocycles. The summed E-state index contributed by atoms with van der Waals surface area (Å²) in [6, 6.07) is 5.77. The number of hydrogen-bond donors (Lipinski definition) is 2. The van der Waals surface area contributed by atoms with Crippen LogP contribution in [0.3, 0.4) is 0 Å². The summed E-state index contributed by atoms with van der Waals surface area (Å²) in [6.07, 6.45) is 1.82. The lowest BCUT2D eigenvalue weighted by molar-refractivity contribution is -0.141. The number of amides is 2. The third-order valence-corrected chi connectivity index (χ3v) is 5.06. The zero-order valence-electron chi connectivity index (χ0n) is 14.3. The first-order chi connectivity index (χ1) is 12.6. The van der Waals surface area contributed by atoms with Gasteiger partial charge in [-0.2, -0.15) is 0 Å². The lowest BCUT2D eigenvalue weighted by atomic mass is 10.0. The largest absolute Gasteiger partial charge is 0.493 e. The number of carbonyl (C=O) groups is 2. The molecule has 2 unspecified atom stereocenters. The Hall–Kier alpha value is -2.77. The molecule has 0 radical (unpaired) electrons. The van der Waals surface area contributed by atoms with Crippen molar-refractivity contribution in [2.75, 3.05) is 26.2 Å². The second-order valence-corrected chi connectivity index (χ2v) is 6.85. The molecule has 8 heteroatoms. The molecular weight excluding hydrogens is 338 g/mol. The number of benzene rings is 1. The van der Waals surface area contributed by atoms with Gasteiger partial charge in [0.25, 0.3) is 0 Å². The molecule has 1 saturated heterocycles. The molecule has 3 heterocycles. The van der Waals surface area contributed by atoms with Crippen LogP contribution >= 0.6 is 0 Å². The fraction of sp³-hybridized carbons (Fsp3) is 0.500. The van der Waals surface area contributed by atoms with E-state index in [0.717, 1.165) is 30.1 Å². The van der Waals surface area contributed by atoms with E-state index in [1.165, 1.54) is 10.5 Å². The molecule has 2 N–H and O–H groups in total. The molecular formula is C18H21N3O5. The van der Waals surface area contributed by atoms with Crippen LogP contribution in [0, 0.1) is 5.92 Å². The molecule has 0 spiro atoms. The molecule has 3 aliphatic rings. The number of urea groups is 1. The summed E-state index contributed by atoms with van der Waals surface area (Å²) in [5.41, 5.74) is 3.07. The summed E-state index contributed by atoms with van der Waals surface area (Å²) in [4.78, 5) is 30.1. The Morgan fingerprint density at radius 1 is 1.38 bits per heavy atom. The Morgan fingerprint density at radius 2 is 2.27 bits per heavy atom. The summed E-state index contributed by atoms with van der Waals surface area (Å²) < 4.78 is 5.51. The fourth-order valence-corrected chi connectivity index (χ4v) is 3.53. The van der Waals surface area contributed by atoms with E-state index in [4.69, 9.17) is 14.7 Å². The predicted molar refractivity (Wildman–Crippen MR) is 92.4 cm³/mol. The van der Waals surface area contributed by atoms with E-state index in [9.17, 15) is 9.59 Å². The van der Waals surface area contributed by atoms with Gasteiger partial charge in [0.05, 0.1) is 24.8 Å². The van der Waals surface area contributed by atoms with Crippen LogP contribution in [0.4, 0.5) is 4.79 Å². The van der Waals surface area contributed by atoms with Crippen LogP contribution in [0.2, 0.25) is 0 Å². The van der Waals surface area contributed by atoms with Crippen LogP contribution in [0.5, 0.6) is 5.75 Å². The monoisotopic (exact) mass is 359 g/mol. The van der Waals surface area contributed by atoms with Gasteiger partial charge in [0.1, 0.15) is 5.75 Å². The van der Waals surface area contributed by atoms with Gasteiger partial charge < -0.3 is 24.9 Å². The first kappa shape index (κ1) is 16.7. The fourth-order valence-electron chi connectivity index (χ4n) is 3.53.